The van der Waals surface area contributed by atoms with E-state index in [4.69, 9.17) is 5.73 Å². The van der Waals surface area contributed by atoms with Gasteiger partial charge in [0.2, 0.25) is 0 Å². The average Bonchev–Trinajstić information content (AvgIpc) is 2.54. The lowest BCUT2D eigenvalue weighted by atomic mass is 9.96. The Balaban J connectivity index is 2.15. The fourth-order valence-electron chi connectivity index (χ4n) is 2.74. The molecule has 0 amide bonds. The third-order valence-corrected chi connectivity index (χ3v) is 3.86. The van der Waals surface area contributed by atoms with E-state index in [2.05, 4.69) is 12.2 Å². The van der Waals surface area contributed by atoms with Crippen molar-refractivity contribution in [3.05, 3.63) is 28.3 Å². The quantitative estimate of drug-likeness (QED) is 0.378. The molecule has 1 saturated carbocycles. The monoisotopic (exact) mass is 263 g/mol. The first-order valence-corrected chi connectivity index (χ1v) is 6.88. The Kier molecular flexibility index (Phi) is 4.24. The minimum absolute atomic E-state index is 0.0452. The highest BCUT2D eigenvalue weighted by Crippen LogP contribution is 2.28. The van der Waals surface area contributed by atoms with Gasteiger partial charge in [-0.1, -0.05) is 26.2 Å². The van der Waals surface area contributed by atoms with Crippen LogP contribution in [0.2, 0.25) is 0 Å². The van der Waals surface area contributed by atoms with E-state index in [0.29, 0.717) is 17.6 Å². The summed E-state index contributed by atoms with van der Waals surface area (Å²) < 4.78 is 0. The van der Waals surface area contributed by atoms with Gasteiger partial charge in [0.05, 0.1) is 4.92 Å². The second kappa shape index (κ2) is 5.91. The van der Waals surface area contributed by atoms with Gasteiger partial charge >= 0.3 is 0 Å². The number of rotatable bonds is 3. The van der Waals surface area contributed by atoms with Crippen LogP contribution in [0.15, 0.2) is 18.2 Å². The smallest absolute Gasteiger partial charge is 0.273 e. The zero-order chi connectivity index (χ0) is 13.8. The van der Waals surface area contributed by atoms with Crippen molar-refractivity contribution in [3.63, 3.8) is 0 Å². The Labute approximate surface area is 113 Å². The second-order valence-electron chi connectivity index (χ2n) is 5.44. The van der Waals surface area contributed by atoms with Crippen molar-refractivity contribution < 1.29 is 4.92 Å². The molecule has 104 valence electrons. The fourth-order valence-corrected chi connectivity index (χ4v) is 2.74. The number of non-ortho nitro benzene ring substituents is 1. The Bertz CT molecular complexity index is 462. The number of nitrogens with one attached hydrogen (secondary N) is 1. The molecule has 2 rings (SSSR count). The van der Waals surface area contributed by atoms with Gasteiger partial charge in [-0.05, 0) is 24.8 Å². The molecule has 1 fully saturated rings. The molecule has 3 N–H and O–H groups in total. The van der Waals surface area contributed by atoms with Crippen LogP contribution in [-0.4, -0.2) is 11.0 Å². The molecular formula is C14H21N3O2. The lowest BCUT2D eigenvalue weighted by Crippen LogP contribution is -2.26. The molecule has 1 aliphatic rings. The van der Waals surface area contributed by atoms with Crippen LogP contribution in [0.3, 0.4) is 0 Å². The molecule has 0 aliphatic heterocycles. The summed E-state index contributed by atoms with van der Waals surface area (Å²) in [7, 11) is 0. The van der Waals surface area contributed by atoms with Crippen LogP contribution in [-0.2, 0) is 0 Å². The van der Waals surface area contributed by atoms with Crippen LogP contribution in [0.1, 0.15) is 39.0 Å². The number of nitrogens with two attached hydrogens (primary N) is 1. The summed E-state index contributed by atoms with van der Waals surface area (Å²) in [6.07, 6.45) is 6.09. The van der Waals surface area contributed by atoms with Crippen LogP contribution < -0.4 is 11.1 Å². The maximum Gasteiger partial charge on any atom is 0.273 e. The number of nitro benzene ring substituents is 1. The first kappa shape index (κ1) is 13.6. The van der Waals surface area contributed by atoms with Crippen molar-refractivity contribution in [2.45, 2.75) is 45.1 Å². The van der Waals surface area contributed by atoms with Gasteiger partial charge in [-0.3, -0.25) is 10.1 Å². The molecule has 1 aromatic rings. The third-order valence-electron chi connectivity index (χ3n) is 3.86. The highest BCUT2D eigenvalue weighted by molar-refractivity contribution is 5.61. The fraction of sp³-hybridized carbons (Fsp3) is 0.571. The molecule has 2 unspecified atom stereocenters. The Morgan fingerprint density at radius 1 is 1.26 bits per heavy atom. The zero-order valence-electron chi connectivity index (χ0n) is 11.3. The number of nitrogens with zero attached hydrogens (tertiary/aromatic N) is 1. The largest absolute Gasteiger partial charge is 0.398 e. The molecule has 0 aromatic heterocycles. The number of hydrogen-bond donors (Lipinski definition) is 2. The Morgan fingerprint density at radius 3 is 2.74 bits per heavy atom. The number of benzene rings is 1. The molecule has 0 saturated heterocycles. The van der Waals surface area contributed by atoms with E-state index in [9.17, 15) is 10.1 Å². The Morgan fingerprint density at radius 2 is 2.00 bits per heavy atom. The number of nitrogen functional groups attached to an aromatic ring is 1. The molecule has 5 heteroatoms. The lowest BCUT2D eigenvalue weighted by Gasteiger charge is -2.24. The molecule has 0 bridgehead atoms. The molecule has 19 heavy (non-hydrogen) atoms. The SMILES string of the molecule is CC1CCCCCC1Nc1cc(N)cc([N+](=O)[O-])c1. The van der Waals surface area contributed by atoms with Crippen LogP contribution in [0.25, 0.3) is 0 Å². The molecule has 1 aromatic carbocycles. The van der Waals surface area contributed by atoms with E-state index >= 15 is 0 Å². The van der Waals surface area contributed by atoms with Crippen LogP contribution in [0, 0.1) is 16.0 Å². The van der Waals surface area contributed by atoms with Gasteiger partial charge < -0.3 is 11.1 Å². The molecule has 0 radical (unpaired) electrons. The summed E-state index contributed by atoms with van der Waals surface area (Å²) in [6.45, 7) is 2.24. The highest BCUT2D eigenvalue weighted by Gasteiger charge is 2.20. The van der Waals surface area contributed by atoms with Crippen LogP contribution in [0.5, 0.6) is 0 Å². The van der Waals surface area contributed by atoms with Gasteiger partial charge in [0.15, 0.2) is 0 Å². The highest BCUT2D eigenvalue weighted by atomic mass is 16.6. The van der Waals surface area contributed by atoms with E-state index < -0.39 is 4.92 Å². The van der Waals surface area contributed by atoms with Crippen molar-refractivity contribution in [3.8, 4) is 0 Å². The number of nitro groups is 1. The molecular weight excluding hydrogens is 242 g/mol. The average molecular weight is 263 g/mol. The minimum Gasteiger partial charge on any atom is -0.398 e. The minimum atomic E-state index is -0.405. The van der Waals surface area contributed by atoms with Gasteiger partial charge in [0.25, 0.3) is 5.69 Å². The molecule has 2 atom stereocenters. The summed E-state index contributed by atoms with van der Waals surface area (Å²) in [5, 5.41) is 14.3. The van der Waals surface area contributed by atoms with Gasteiger partial charge in [-0.25, -0.2) is 0 Å². The van der Waals surface area contributed by atoms with E-state index in [0.717, 1.165) is 12.1 Å². The lowest BCUT2D eigenvalue weighted by molar-refractivity contribution is -0.384. The van der Waals surface area contributed by atoms with E-state index in [1.165, 1.54) is 31.7 Å². The predicted octanol–water partition coefficient (Wildman–Crippen LogP) is 3.56. The van der Waals surface area contributed by atoms with Crippen LogP contribution in [0.4, 0.5) is 17.1 Å². The first-order chi connectivity index (χ1) is 9.06. The topological polar surface area (TPSA) is 81.2 Å². The van der Waals surface area contributed by atoms with Crippen LogP contribution >= 0.6 is 0 Å². The van der Waals surface area contributed by atoms with Crippen molar-refractivity contribution in [1.29, 1.82) is 0 Å². The maximum atomic E-state index is 10.8. The van der Waals surface area contributed by atoms with Crippen molar-refractivity contribution in [2.24, 2.45) is 5.92 Å². The summed E-state index contributed by atoms with van der Waals surface area (Å²) in [5.41, 5.74) is 6.95. The summed E-state index contributed by atoms with van der Waals surface area (Å²) >= 11 is 0. The normalized spacial score (nSPS) is 23.6. The van der Waals surface area contributed by atoms with E-state index in [1.807, 2.05) is 0 Å². The molecule has 5 nitrogen and oxygen atoms in total. The van der Waals surface area contributed by atoms with Gasteiger partial charge in [-0.15, -0.1) is 0 Å². The second-order valence-corrected chi connectivity index (χ2v) is 5.44. The molecule has 1 aliphatic carbocycles. The van der Waals surface area contributed by atoms with Gasteiger partial charge in [0, 0.05) is 29.5 Å². The summed E-state index contributed by atoms with van der Waals surface area (Å²) in [6, 6.07) is 5.10. The summed E-state index contributed by atoms with van der Waals surface area (Å²) in [5.74, 6) is 0.586. The molecule has 0 heterocycles. The first-order valence-electron chi connectivity index (χ1n) is 6.88. The summed E-state index contributed by atoms with van der Waals surface area (Å²) in [4.78, 5) is 10.4. The number of anilines is 2. The van der Waals surface area contributed by atoms with Crippen molar-refractivity contribution in [1.82, 2.24) is 0 Å². The van der Waals surface area contributed by atoms with Crippen molar-refractivity contribution in [2.75, 3.05) is 11.1 Å². The maximum absolute atomic E-state index is 10.8. The van der Waals surface area contributed by atoms with Gasteiger partial charge in [-0.2, -0.15) is 0 Å². The Hall–Kier alpha value is -1.78. The molecule has 0 spiro atoms. The van der Waals surface area contributed by atoms with Crippen molar-refractivity contribution >= 4 is 17.1 Å². The predicted molar refractivity (Wildman–Crippen MR) is 77.2 cm³/mol. The van der Waals surface area contributed by atoms with E-state index in [-0.39, 0.29) is 5.69 Å². The zero-order valence-corrected chi connectivity index (χ0v) is 11.3. The standard InChI is InChI=1S/C14H21N3O2/c1-10-5-3-2-4-6-14(10)16-12-7-11(15)8-13(9-12)17(18)19/h7-10,14,16H,2-6,15H2,1H3. The van der Waals surface area contributed by atoms with Gasteiger partial charge in [0.1, 0.15) is 0 Å². The third kappa shape index (κ3) is 3.59. The van der Waals surface area contributed by atoms with E-state index in [1.54, 1.807) is 12.1 Å². The number of hydrogen-bond acceptors (Lipinski definition) is 4.